The van der Waals surface area contributed by atoms with Crippen molar-refractivity contribution in [2.24, 2.45) is 5.92 Å². The van der Waals surface area contributed by atoms with Gasteiger partial charge in [0.25, 0.3) is 0 Å². The molecule has 4 rings (SSSR count). The summed E-state index contributed by atoms with van der Waals surface area (Å²) in [5, 5.41) is 4.75. The number of hydrogen-bond donors (Lipinski definition) is 2. The maximum absolute atomic E-state index is 6.00. The van der Waals surface area contributed by atoms with Gasteiger partial charge in [0.2, 0.25) is 0 Å². The maximum Gasteiger partial charge on any atom is 0.0951 e. The number of para-hydroxylation sites is 1. The largest absolute Gasteiger partial charge is 0.397 e. The zero-order valence-electron chi connectivity index (χ0n) is 11.4. The third-order valence-electron chi connectivity index (χ3n) is 4.37. The van der Waals surface area contributed by atoms with Crippen LogP contribution in [0, 0.1) is 5.92 Å². The van der Waals surface area contributed by atoms with Gasteiger partial charge in [-0.05, 0) is 37.3 Å². The van der Waals surface area contributed by atoms with Gasteiger partial charge in [-0.25, -0.2) is 0 Å². The number of benzene rings is 1. The van der Waals surface area contributed by atoms with Gasteiger partial charge < -0.3 is 15.8 Å². The number of anilines is 2. The number of aromatic nitrogens is 1. The smallest absolute Gasteiger partial charge is 0.0951 e. The molecule has 1 saturated carbocycles. The van der Waals surface area contributed by atoms with E-state index in [9.17, 15) is 0 Å². The van der Waals surface area contributed by atoms with Crippen LogP contribution in [0.3, 0.4) is 0 Å². The number of nitrogens with zero attached hydrogens (tertiary/aromatic N) is 1. The molecule has 0 bridgehead atoms. The van der Waals surface area contributed by atoms with E-state index in [1.54, 1.807) is 0 Å². The van der Waals surface area contributed by atoms with Crippen molar-refractivity contribution in [3.8, 4) is 0 Å². The van der Waals surface area contributed by atoms with Crippen LogP contribution in [-0.4, -0.2) is 23.7 Å². The molecular formula is C16H19N3O. The van der Waals surface area contributed by atoms with Crippen LogP contribution in [0.4, 0.5) is 11.4 Å². The molecule has 0 spiro atoms. The van der Waals surface area contributed by atoms with Gasteiger partial charge in [0, 0.05) is 23.9 Å². The average Bonchev–Trinajstić information content (AvgIpc) is 3.20. The Labute approximate surface area is 118 Å². The fraction of sp³-hybridized carbons (Fsp3) is 0.438. The normalized spacial score (nSPS) is 26.0. The van der Waals surface area contributed by atoms with Crippen molar-refractivity contribution in [2.75, 3.05) is 17.7 Å². The lowest BCUT2D eigenvalue weighted by atomic mass is 10.0. The topological polar surface area (TPSA) is 60.2 Å². The highest BCUT2D eigenvalue weighted by Gasteiger charge is 2.40. The van der Waals surface area contributed by atoms with Crippen LogP contribution in [0.2, 0.25) is 0 Å². The fourth-order valence-corrected chi connectivity index (χ4v) is 3.18. The summed E-state index contributed by atoms with van der Waals surface area (Å²) in [6.45, 7) is 0.865. The summed E-state index contributed by atoms with van der Waals surface area (Å²) in [6, 6.07) is 8.39. The summed E-state index contributed by atoms with van der Waals surface area (Å²) in [4.78, 5) is 4.39. The second kappa shape index (κ2) is 4.63. The molecule has 0 amide bonds. The molecule has 2 unspecified atom stereocenters. The molecule has 0 radical (unpaired) electrons. The summed E-state index contributed by atoms with van der Waals surface area (Å²) in [6.07, 6.45) is 5.90. The molecule has 2 aromatic rings. The Morgan fingerprint density at radius 3 is 2.95 bits per heavy atom. The van der Waals surface area contributed by atoms with Crippen molar-refractivity contribution in [2.45, 2.75) is 31.4 Å². The van der Waals surface area contributed by atoms with Crippen LogP contribution in [0.1, 0.15) is 19.3 Å². The highest BCUT2D eigenvalue weighted by Crippen LogP contribution is 2.40. The van der Waals surface area contributed by atoms with Crippen LogP contribution in [0.25, 0.3) is 10.9 Å². The van der Waals surface area contributed by atoms with Gasteiger partial charge in [0.15, 0.2) is 0 Å². The van der Waals surface area contributed by atoms with E-state index in [1.165, 1.54) is 12.8 Å². The average molecular weight is 269 g/mol. The fourth-order valence-electron chi connectivity index (χ4n) is 3.18. The molecule has 1 aromatic heterocycles. The van der Waals surface area contributed by atoms with Crippen LogP contribution in [0.5, 0.6) is 0 Å². The molecule has 1 aliphatic heterocycles. The lowest BCUT2D eigenvalue weighted by Gasteiger charge is -2.21. The Morgan fingerprint density at radius 1 is 1.20 bits per heavy atom. The van der Waals surface area contributed by atoms with Crippen molar-refractivity contribution in [1.82, 2.24) is 4.98 Å². The minimum Gasteiger partial charge on any atom is -0.397 e. The first-order valence-electron chi connectivity index (χ1n) is 7.34. The minimum atomic E-state index is 0.374. The Morgan fingerprint density at radius 2 is 2.10 bits per heavy atom. The molecule has 2 heterocycles. The quantitative estimate of drug-likeness (QED) is 0.841. The monoisotopic (exact) mass is 269 g/mol. The number of nitrogens with two attached hydrogens (primary N) is 1. The Kier molecular flexibility index (Phi) is 2.77. The molecule has 4 heteroatoms. The van der Waals surface area contributed by atoms with E-state index in [0.29, 0.717) is 12.1 Å². The third kappa shape index (κ3) is 2.00. The number of hydrogen-bond acceptors (Lipinski definition) is 4. The van der Waals surface area contributed by atoms with E-state index >= 15 is 0 Å². The van der Waals surface area contributed by atoms with E-state index in [1.807, 2.05) is 24.4 Å². The van der Waals surface area contributed by atoms with E-state index in [4.69, 9.17) is 10.5 Å². The van der Waals surface area contributed by atoms with Crippen LogP contribution < -0.4 is 11.1 Å². The maximum atomic E-state index is 6.00. The van der Waals surface area contributed by atoms with Crippen molar-refractivity contribution in [3.05, 3.63) is 30.5 Å². The van der Waals surface area contributed by atoms with Crippen LogP contribution >= 0.6 is 0 Å². The second-order valence-electron chi connectivity index (χ2n) is 5.81. The SMILES string of the molecule is Nc1cccc2c(NC3CCOC3C3CC3)ccnc12. The Hall–Kier alpha value is -1.81. The molecule has 4 nitrogen and oxygen atoms in total. The highest BCUT2D eigenvalue weighted by molar-refractivity contribution is 5.97. The molecule has 2 atom stereocenters. The number of rotatable bonds is 3. The van der Waals surface area contributed by atoms with Crippen molar-refractivity contribution in [1.29, 1.82) is 0 Å². The zero-order valence-corrected chi connectivity index (χ0v) is 11.4. The number of nitrogen functional groups attached to an aromatic ring is 1. The molecule has 2 fully saturated rings. The molecule has 104 valence electrons. The van der Waals surface area contributed by atoms with E-state index in [2.05, 4.69) is 16.4 Å². The predicted octanol–water partition coefficient (Wildman–Crippen LogP) is 2.80. The van der Waals surface area contributed by atoms with E-state index in [0.717, 1.165) is 41.2 Å². The third-order valence-corrected chi connectivity index (χ3v) is 4.37. The molecule has 20 heavy (non-hydrogen) atoms. The molecule has 2 aliphatic rings. The van der Waals surface area contributed by atoms with Gasteiger partial charge in [-0.1, -0.05) is 12.1 Å². The molecule has 1 saturated heterocycles. The number of pyridine rings is 1. The van der Waals surface area contributed by atoms with Gasteiger partial charge in [-0.15, -0.1) is 0 Å². The van der Waals surface area contributed by atoms with Crippen molar-refractivity contribution in [3.63, 3.8) is 0 Å². The molecular weight excluding hydrogens is 250 g/mol. The number of ether oxygens (including phenoxy) is 1. The highest BCUT2D eigenvalue weighted by atomic mass is 16.5. The van der Waals surface area contributed by atoms with Gasteiger partial charge in [-0.2, -0.15) is 0 Å². The summed E-state index contributed by atoms with van der Waals surface area (Å²) in [5.74, 6) is 0.758. The lowest BCUT2D eigenvalue weighted by Crippen LogP contribution is -2.31. The summed E-state index contributed by atoms with van der Waals surface area (Å²) >= 11 is 0. The van der Waals surface area contributed by atoms with Crippen molar-refractivity contribution >= 4 is 22.3 Å². The molecule has 1 aliphatic carbocycles. The molecule has 1 aromatic carbocycles. The van der Waals surface area contributed by atoms with Crippen LogP contribution in [0.15, 0.2) is 30.5 Å². The lowest BCUT2D eigenvalue weighted by molar-refractivity contribution is 0.0899. The number of fused-ring (bicyclic) bond motifs is 1. The van der Waals surface area contributed by atoms with E-state index in [-0.39, 0.29) is 0 Å². The standard InChI is InChI=1S/C16H19N3O/c17-12-3-1-2-11-13(6-8-18-15(11)12)19-14-7-9-20-16(14)10-4-5-10/h1-3,6,8,10,14,16H,4-5,7,9,17H2,(H,18,19). The molecule has 3 N–H and O–H groups in total. The summed E-state index contributed by atoms with van der Waals surface area (Å²) in [7, 11) is 0. The van der Waals surface area contributed by atoms with E-state index < -0.39 is 0 Å². The number of nitrogens with one attached hydrogen (secondary N) is 1. The summed E-state index contributed by atoms with van der Waals surface area (Å²) in [5.41, 5.74) is 8.72. The van der Waals surface area contributed by atoms with Gasteiger partial charge >= 0.3 is 0 Å². The summed E-state index contributed by atoms with van der Waals surface area (Å²) < 4.78 is 5.89. The van der Waals surface area contributed by atoms with Crippen LogP contribution in [-0.2, 0) is 4.74 Å². The Bertz CT molecular complexity index is 639. The van der Waals surface area contributed by atoms with Gasteiger partial charge in [0.1, 0.15) is 0 Å². The van der Waals surface area contributed by atoms with Gasteiger partial charge in [0.05, 0.1) is 23.3 Å². The van der Waals surface area contributed by atoms with Crippen molar-refractivity contribution < 1.29 is 4.74 Å². The first-order valence-corrected chi connectivity index (χ1v) is 7.34. The minimum absolute atomic E-state index is 0.374. The Balaban J connectivity index is 1.66. The van der Waals surface area contributed by atoms with Gasteiger partial charge in [-0.3, -0.25) is 4.98 Å². The zero-order chi connectivity index (χ0) is 13.5. The first kappa shape index (κ1) is 12.0. The first-order chi connectivity index (χ1) is 9.83. The predicted molar refractivity (Wildman–Crippen MR) is 80.6 cm³/mol. The second-order valence-corrected chi connectivity index (χ2v) is 5.81.